The zero-order valence-corrected chi connectivity index (χ0v) is 19.1. The number of benzene rings is 1. The highest BCUT2D eigenvalue weighted by atomic mass is 16.5. The fraction of sp³-hybridized carbons (Fsp3) is 0.200. The Balaban J connectivity index is 1.56. The molecule has 0 saturated heterocycles. The van der Waals surface area contributed by atoms with E-state index in [1.54, 1.807) is 19.4 Å². The molecule has 0 spiro atoms. The first kappa shape index (κ1) is 22.0. The van der Waals surface area contributed by atoms with Crippen LogP contribution in [0.2, 0.25) is 0 Å². The van der Waals surface area contributed by atoms with Gasteiger partial charge in [-0.3, -0.25) is 4.79 Å². The van der Waals surface area contributed by atoms with Gasteiger partial charge < -0.3 is 19.9 Å². The molecule has 3 aromatic heterocycles. The van der Waals surface area contributed by atoms with Crippen molar-refractivity contribution in [2.75, 3.05) is 17.7 Å². The number of nitrogens with zero attached hydrogens (tertiary/aromatic N) is 4. The number of aromatic nitrogens is 4. The van der Waals surface area contributed by atoms with Gasteiger partial charge in [0, 0.05) is 37.9 Å². The third-order valence-electron chi connectivity index (χ3n) is 5.17. The molecule has 4 aromatic rings. The van der Waals surface area contributed by atoms with Crippen molar-refractivity contribution in [3.63, 3.8) is 0 Å². The Morgan fingerprint density at radius 1 is 1.09 bits per heavy atom. The van der Waals surface area contributed by atoms with Crippen LogP contribution in [0.1, 0.15) is 28.5 Å². The summed E-state index contributed by atoms with van der Waals surface area (Å²) in [4.78, 5) is 25.8. The first-order valence-corrected chi connectivity index (χ1v) is 10.7. The summed E-state index contributed by atoms with van der Waals surface area (Å²) in [5.41, 5.74) is 4.71. The minimum Gasteiger partial charge on any atom is -0.438 e. The number of carbonyl (C=O) groups is 1. The fourth-order valence-electron chi connectivity index (χ4n) is 3.55. The predicted molar refractivity (Wildman–Crippen MR) is 129 cm³/mol. The van der Waals surface area contributed by atoms with Gasteiger partial charge >= 0.3 is 0 Å². The highest BCUT2D eigenvalue weighted by molar-refractivity contribution is 6.03. The SMILES string of the molecule is CCn1cc(C)cc1C(=O)Nc1ccc(Oc2ncccc2-c2ccnc(NC)n2)c(C)c1. The standard InChI is InChI=1S/C25H26N6O2/c1-5-31-15-16(2)13-21(31)23(32)29-18-8-9-22(17(3)14-18)33-24-19(7-6-11-27-24)20-10-12-28-25(26-4)30-20/h6-15H,5H2,1-4H3,(H,29,32)(H,26,28,30). The lowest BCUT2D eigenvalue weighted by atomic mass is 10.1. The van der Waals surface area contributed by atoms with E-state index >= 15 is 0 Å². The van der Waals surface area contributed by atoms with Crippen LogP contribution >= 0.6 is 0 Å². The summed E-state index contributed by atoms with van der Waals surface area (Å²) in [6, 6.07) is 13.0. The van der Waals surface area contributed by atoms with E-state index in [0.29, 0.717) is 34.7 Å². The lowest BCUT2D eigenvalue weighted by Gasteiger charge is -2.13. The van der Waals surface area contributed by atoms with E-state index in [9.17, 15) is 4.79 Å². The van der Waals surface area contributed by atoms with E-state index in [2.05, 4.69) is 25.6 Å². The number of pyridine rings is 1. The highest BCUT2D eigenvalue weighted by Gasteiger charge is 2.15. The van der Waals surface area contributed by atoms with Gasteiger partial charge in [0.25, 0.3) is 5.91 Å². The van der Waals surface area contributed by atoms with Crippen molar-refractivity contribution >= 4 is 17.5 Å². The molecule has 0 saturated carbocycles. The van der Waals surface area contributed by atoms with Gasteiger partial charge in [-0.1, -0.05) is 0 Å². The Morgan fingerprint density at radius 3 is 2.70 bits per heavy atom. The molecule has 4 rings (SSSR count). The van der Waals surface area contributed by atoms with Gasteiger partial charge in [0.15, 0.2) is 0 Å². The first-order valence-electron chi connectivity index (χ1n) is 10.7. The largest absolute Gasteiger partial charge is 0.438 e. The number of aryl methyl sites for hydroxylation is 3. The van der Waals surface area contributed by atoms with Crippen LogP contribution in [-0.4, -0.2) is 32.5 Å². The molecule has 8 heteroatoms. The summed E-state index contributed by atoms with van der Waals surface area (Å²) < 4.78 is 8.08. The van der Waals surface area contributed by atoms with Crippen molar-refractivity contribution in [3.8, 4) is 22.9 Å². The maximum Gasteiger partial charge on any atom is 0.272 e. The Kier molecular flexibility index (Phi) is 6.35. The summed E-state index contributed by atoms with van der Waals surface area (Å²) in [5.74, 6) is 1.45. The van der Waals surface area contributed by atoms with Crippen molar-refractivity contribution in [2.24, 2.45) is 0 Å². The van der Waals surface area contributed by atoms with E-state index in [0.717, 1.165) is 23.2 Å². The summed E-state index contributed by atoms with van der Waals surface area (Å²) >= 11 is 0. The first-order chi connectivity index (χ1) is 16.0. The Morgan fingerprint density at radius 2 is 1.94 bits per heavy atom. The zero-order chi connectivity index (χ0) is 23.4. The smallest absolute Gasteiger partial charge is 0.272 e. The second kappa shape index (κ2) is 9.52. The number of hydrogen-bond donors (Lipinski definition) is 2. The molecule has 2 N–H and O–H groups in total. The van der Waals surface area contributed by atoms with Crippen molar-refractivity contribution in [1.29, 1.82) is 0 Å². The molecule has 8 nitrogen and oxygen atoms in total. The lowest BCUT2D eigenvalue weighted by molar-refractivity contribution is 0.101. The Hall–Kier alpha value is -4.20. The minimum absolute atomic E-state index is 0.144. The van der Waals surface area contributed by atoms with E-state index < -0.39 is 0 Å². The van der Waals surface area contributed by atoms with Crippen LogP contribution in [-0.2, 0) is 6.54 Å². The third kappa shape index (κ3) is 4.85. The molecule has 1 amide bonds. The van der Waals surface area contributed by atoms with Crippen LogP contribution < -0.4 is 15.4 Å². The van der Waals surface area contributed by atoms with Gasteiger partial charge in [-0.25, -0.2) is 15.0 Å². The second-order valence-corrected chi connectivity index (χ2v) is 7.60. The summed E-state index contributed by atoms with van der Waals surface area (Å²) in [5, 5.41) is 5.91. The van der Waals surface area contributed by atoms with Crippen LogP contribution in [0.4, 0.5) is 11.6 Å². The van der Waals surface area contributed by atoms with E-state index in [1.807, 2.05) is 74.0 Å². The van der Waals surface area contributed by atoms with E-state index in [-0.39, 0.29) is 5.91 Å². The number of hydrogen-bond acceptors (Lipinski definition) is 6. The average molecular weight is 443 g/mol. The summed E-state index contributed by atoms with van der Waals surface area (Å²) in [7, 11) is 1.77. The topological polar surface area (TPSA) is 94.0 Å². The van der Waals surface area contributed by atoms with Crippen molar-refractivity contribution in [2.45, 2.75) is 27.3 Å². The molecule has 3 heterocycles. The molecule has 0 radical (unpaired) electrons. The van der Waals surface area contributed by atoms with Gasteiger partial charge in [-0.05, 0) is 74.4 Å². The number of carbonyl (C=O) groups excluding carboxylic acids is 1. The molecule has 0 bridgehead atoms. The third-order valence-corrected chi connectivity index (χ3v) is 5.17. The van der Waals surface area contributed by atoms with Gasteiger partial charge in [0.2, 0.25) is 11.8 Å². The number of amides is 1. The maximum absolute atomic E-state index is 12.8. The molecule has 0 unspecified atom stereocenters. The molecular weight excluding hydrogens is 416 g/mol. The molecule has 0 aliphatic carbocycles. The van der Waals surface area contributed by atoms with Crippen molar-refractivity contribution < 1.29 is 9.53 Å². The number of anilines is 2. The molecule has 0 atom stereocenters. The summed E-state index contributed by atoms with van der Waals surface area (Å²) in [6.07, 6.45) is 5.33. The zero-order valence-electron chi connectivity index (χ0n) is 19.1. The summed E-state index contributed by atoms with van der Waals surface area (Å²) in [6.45, 7) is 6.65. The molecule has 33 heavy (non-hydrogen) atoms. The minimum atomic E-state index is -0.144. The maximum atomic E-state index is 12.8. The molecule has 0 aliphatic heterocycles. The normalized spacial score (nSPS) is 10.7. The van der Waals surface area contributed by atoms with Crippen LogP contribution in [0.15, 0.2) is 61.1 Å². The Labute approximate surface area is 192 Å². The number of rotatable bonds is 7. The second-order valence-electron chi connectivity index (χ2n) is 7.60. The van der Waals surface area contributed by atoms with Crippen LogP contribution in [0.5, 0.6) is 11.6 Å². The monoisotopic (exact) mass is 442 g/mol. The van der Waals surface area contributed by atoms with Gasteiger partial charge in [0.1, 0.15) is 11.4 Å². The van der Waals surface area contributed by atoms with E-state index in [1.165, 1.54) is 0 Å². The van der Waals surface area contributed by atoms with Crippen LogP contribution in [0, 0.1) is 13.8 Å². The molecule has 0 fully saturated rings. The molecular formula is C25H26N6O2. The number of ether oxygens (including phenoxy) is 1. The van der Waals surface area contributed by atoms with Gasteiger partial charge in [-0.15, -0.1) is 0 Å². The fourth-order valence-corrected chi connectivity index (χ4v) is 3.55. The highest BCUT2D eigenvalue weighted by Crippen LogP contribution is 2.33. The Bertz CT molecular complexity index is 1300. The van der Waals surface area contributed by atoms with Crippen LogP contribution in [0.3, 0.4) is 0 Å². The lowest BCUT2D eigenvalue weighted by Crippen LogP contribution is -2.16. The average Bonchev–Trinajstić information content (AvgIpc) is 3.22. The molecule has 168 valence electrons. The van der Waals surface area contributed by atoms with Crippen LogP contribution in [0.25, 0.3) is 11.3 Å². The molecule has 1 aromatic carbocycles. The number of nitrogens with one attached hydrogen (secondary N) is 2. The van der Waals surface area contributed by atoms with E-state index in [4.69, 9.17) is 4.74 Å². The van der Waals surface area contributed by atoms with Crippen molar-refractivity contribution in [1.82, 2.24) is 19.5 Å². The van der Waals surface area contributed by atoms with Gasteiger partial charge in [-0.2, -0.15) is 0 Å². The van der Waals surface area contributed by atoms with Gasteiger partial charge in [0.05, 0.1) is 11.3 Å². The predicted octanol–water partition coefficient (Wildman–Crippen LogP) is 5.06. The quantitative estimate of drug-likeness (QED) is 0.415. The van der Waals surface area contributed by atoms with Crippen molar-refractivity contribution in [3.05, 3.63) is 77.9 Å². The molecule has 0 aliphatic rings.